The number of carbonyl (C=O) groups is 1. The van der Waals surface area contributed by atoms with Crippen molar-refractivity contribution in [2.75, 3.05) is 17.8 Å². The number of hydrogen-bond acceptors (Lipinski definition) is 6. The first-order valence-corrected chi connectivity index (χ1v) is 11.8. The maximum absolute atomic E-state index is 13.2. The summed E-state index contributed by atoms with van der Waals surface area (Å²) in [6, 6.07) is 19.2. The van der Waals surface area contributed by atoms with Crippen molar-refractivity contribution in [3.8, 4) is 5.75 Å². The molecule has 4 rings (SSSR count). The number of benzene rings is 2. The van der Waals surface area contributed by atoms with Crippen LogP contribution in [0.15, 0.2) is 71.8 Å². The maximum Gasteiger partial charge on any atom is 0.229 e. The molecule has 0 saturated carbocycles. The number of halogens is 1. The van der Waals surface area contributed by atoms with E-state index in [0.717, 1.165) is 26.6 Å². The SMILES string of the molecule is COc1ccc(SCCC(=O)N(Cc2ccccn2)c2nc3c(Cl)cccc3s2)cc1. The molecule has 4 aromatic rings. The van der Waals surface area contributed by atoms with Crippen LogP contribution in [0.5, 0.6) is 5.75 Å². The molecule has 2 aromatic carbocycles. The molecule has 0 aliphatic rings. The van der Waals surface area contributed by atoms with Gasteiger partial charge in [0, 0.05) is 23.3 Å². The molecule has 8 heteroatoms. The molecule has 1 amide bonds. The minimum absolute atomic E-state index is 0.00171. The van der Waals surface area contributed by atoms with Crippen molar-refractivity contribution in [2.45, 2.75) is 17.9 Å². The second-order valence-electron chi connectivity index (χ2n) is 6.66. The van der Waals surface area contributed by atoms with E-state index in [1.807, 2.05) is 60.7 Å². The molecule has 2 aromatic heterocycles. The van der Waals surface area contributed by atoms with E-state index < -0.39 is 0 Å². The van der Waals surface area contributed by atoms with Gasteiger partial charge in [0.25, 0.3) is 0 Å². The van der Waals surface area contributed by atoms with Crippen LogP contribution in [0.2, 0.25) is 5.02 Å². The van der Waals surface area contributed by atoms with Crippen molar-refractivity contribution >= 4 is 56.0 Å². The van der Waals surface area contributed by atoms with Gasteiger partial charge in [-0.1, -0.05) is 35.1 Å². The van der Waals surface area contributed by atoms with Gasteiger partial charge in [0.05, 0.1) is 29.1 Å². The van der Waals surface area contributed by atoms with Crippen LogP contribution in [0.1, 0.15) is 12.1 Å². The predicted octanol–water partition coefficient (Wildman–Crippen LogP) is 6.07. The lowest BCUT2D eigenvalue weighted by Crippen LogP contribution is -2.30. The predicted molar refractivity (Wildman–Crippen MR) is 128 cm³/mol. The molecule has 0 atom stereocenters. The van der Waals surface area contributed by atoms with Crippen LogP contribution < -0.4 is 9.64 Å². The van der Waals surface area contributed by atoms with E-state index in [1.165, 1.54) is 11.3 Å². The normalized spacial score (nSPS) is 10.9. The smallest absolute Gasteiger partial charge is 0.229 e. The molecule has 0 aliphatic heterocycles. The van der Waals surface area contributed by atoms with Crippen LogP contribution in [0.4, 0.5) is 5.13 Å². The molecule has 0 spiro atoms. The van der Waals surface area contributed by atoms with E-state index >= 15 is 0 Å². The highest BCUT2D eigenvalue weighted by molar-refractivity contribution is 7.99. The molecule has 0 unspecified atom stereocenters. The van der Waals surface area contributed by atoms with Crippen LogP contribution >= 0.6 is 34.7 Å². The lowest BCUT2D eigenvalue weighted by molar-refractivity contribution is -0.118. The molecule has 31 heavy (non-hydrogen) atoms. The van der Waals surface area contributed by atoms with Crippen molar-refractivity contribution in [3.05, 3.63) is 77.6 Å². The minimum Gasteiger partial charge on any atom is -0.497 e. The maximum atomic E-state index is 13.2. The third kappa shape index (κ3) is 5.36. The Morgan fingerprint density at radius 2 is 1.97 bits per heavy atom. The van der Waals surface area contributed by atoms with E-state index in [9.17, 15) is 4.79 Å². The van der Waals surface area contributed by atoms with Crippen molar-refractivity contribution < 1.29 is 9.53 Å². The van der Waals surface area contributed by atoms with E-state index in [2.05, 4.69) is 9.97 Å². The van der Waals surface area contributed by atoms with Crippen molar-refractivity contribution in [3.63, 3.8) is 0 Å². The van der Waals surface area contributed by atoms with Crippen LogP contribution in [0.3, 0.4) is 0 Å². The number of pyridine rings is 1. The highest BCUT2D eigenvalue weighted by atomic mass is 35.5. The van der Waals surface area contributed by atoms with Gasteiger partial charge in [-0.3, -0.25) is 14.7 Å². The van der Waals surface area contributed by atoms with Crippen molar-refractivity contribution in [1.29, 1.82) is 0 Å². The number of nitrogens with zero attached hydrogens (tertiary/aromatic N) is 3. The van der Waals surface area contributed by atoms with Crippen molar-refractivity contribution in [2.24, 2.45) is 0 Å². The Morgan fingerprint density at radius 3 is 2.68 bits per heavy atom. The number of carbonyl (C=O) groups excluding carboxylic acids is 1. The van der Waals surface area contributed by atoms with Gasteiger partial charge in [0.1, 0.15) is 11.3 Å². The first-order chi connectivity index (χ1) is 15.1. The molecular formula is C23H20ClN3O2S2. The summed E-state index contributed by atoms with van der Waals surface area (Å²) in [5, 5.41) is 1.22. The zero-order valence-electron chi connectivity index (χ0n) is 16.8. The second kappa shape index (κ2) is 10.1. The fourth-order valence-electron chi connectivity index (χ4n) is 3.00. The Morgan fingerprint density at radius 1 is 1.13 bits per heavy atom. The number of thioether (sulfide) groups is 1. The Hall–Kier alpha value is -2.61. The number of aromatic nitrogens is 2. The summed E-state index contributed by atoms with van der Waals surface area (Å²) in [6.45, 7) is 0.365. The van der Waals surface area contributed by atoms with E-state index in [-0.39, 0.29) is 5.91 Å². The van der Waals surface area contributed by atoms with Gasteiger partial charge in [0.2, 0.25) is 5.91 Å². The van der Waals surface area contributed by atoms with Gasteiger partial charge in [-0.15, -0.1) is 11.8 Å². The quantitative estimate of drug-likeness (QED) is 0.293. The van der Waals surface area contributed by atoms with Gasteiger partial charge in [-0.05, 0) is 48.5 Å². The van der Waals surface area contributed by atoms with Crippen LogP contribution in [0, 0.1) is 0 Å². The van der Waals surface area contributed by atoms with Gasteiger partial charge in [0.15, 0.2) is 5.13 Å². The molecule has 2 heterocycles. The molecule has 5 nitrogen and oxygen atoms in total. The third-order valence-corrected chi connectivity index (χ3v) is 6.94. The Labute approximate surface area is 194 Å². The van der Waals surface area contributed by atoms with Crippen molar-refractivity contribution in [1.82, 2.24) is 9.97 Å². The summed E-state index contributed by atoms with van der Waals surface area (Å²) in [7, 11) is 1.65. The summed E-state index contributed by atoms with van der Waals surface area (Å²) >= 11 is 9.40. The standard InChI is InChI=1S/C23H20ClN3O2S2/c1-29-17-8-10-18(11-9-17)30-14-12-21(28)27(15-16-5-2-3-13-25-16)23-26-22-19(24)6-4-7-20(22)31-23/h2-11,13H,12,14-15H2,1H3. The molecule has 0 saturated heterocycles. The number of amides is 1. The number of methoxy groups -OCH3 is 1. The van der Waals surface area contributed by atoms with E-state index in [1.54, 1.807) is 30.0 Å². The lowest BCUT2D eigenvalue weighted by atomic mass is 10.3. The number of thiazole rings is 1. The third-order valence-electron chi connectivity index (χ3n) is 4.58. The first-order valence-electron chi connectivity index (χ1n) is 9.66. The van der Waals surface area contributed by atoms with Gasteiger partial charge in [-0.25, -0.2) is 4.98 Å². The monoisotopic (exact) mass is 469 g/mol. The lowest BCUT2D eigenvalue weighted by Gasteiger charge is -2.19. The fraction of sp³-hybridized carbons (Fsp3) is 0.174. The number of fused-ring (bicyclic) bond motifs is 1. The Balaban J connectivity index is 1.51. The summed E-state index contributed by atoms with van der Waals surface area (Å²) in [5.74, 6) is 1.48. The summed E-state index contributed by atoms with van der Waals surface area (Å²) in [6.07, 6.45) is 2.11. The van der Waals surface area contributed by atoms with Crippen LogP contribution in [-0.2, 0) is 11.3 Å². The topological polar surface area (TPSA) is 55.3 Å². The number of anilines is 1. The minimum atomic E-state index is 0.00171. The van der Waals surface area contributed by atoms with Gasteiger partial charge < -0.3 is 4.74 Å². The van der Waals surface area contributed by atoms with E-state index in [4.69, 9.17) is 16.3 Å². The fourth-order valence-corrected chi connectivity index (χ4v) is 5.12. The summed E-state index contributed by atoms with van der Waals surface area (Å²) < 4.78 is 6.14. The summed E-state index contributed by atoms with van der Waals surface area (Å²) in [5.41, 5.74) is 1.53. The highest BCUT2D eigenvalue weighted by Gasteiger charge is 2.21. The molecule has 158 valence electrons. The average molecular weight is 470 g/mol. The van der Waals surface area contributed by atoms with Crippen LogP contribution in [-0.4, -0.2) is 28.7 Å². The number of rotatable bonds is 8. The van der Waals surface area contributed by atoms with Gasteiger partial charge >= 0.3 is 0 Å². The summed E-state index contributed by atoms with van der Waals surface area (Å²) in [4.78, 5) is 25.0. The zero-order valence-corrected chi connectivity index (χ0v) is 19.2. The largest absolute Gasteiger partial charge is 0.497 e. The number of para-hydroxylation sites is 1. The van der Waals surface area contributed by atoms with E-state index in [0.29, 0.717) is 28.9 Å². The number of hydrogen-bond donors (Lipinski definition) is 0. The Bertz CT molecular complexity index is 1170. The molecule has 0 aliphatic carbocycles. The first kappa shape index (κ1) is 21.6. The molecule has 0 radical (unpaired) electrons. The Kier molecular flexibility index (Phi) is 7.06. The molecule has 0 fully saturated rings. The van der Waals surface area contributed by atoms with Crippen LogP contribution in [0.25, 0.3) is 10.2 Å². The molecule has 0 bridgehead atoms. The zero-order chi connectivity index (χ0) is 21.6. The number of ether oxygens (including phenoxy) is 1. The average Bonchev–Trinajstić information content (AvgIpc) is 3.24. The molecule has 0 N–H and O–H groups in total. The second-order valence-corrected chi connectivity index (χ2v) is 9.24. The molecular weight excluding hydrogens is 450 g/mol. The van der Waals surface area contributed by atoms with Gasteiger partial charge in [-0.2, -0.15) is 0 Å². The highest BCUT2D eigenvalue weighted by Crippen LogP contribution is 2.34.